The number of piperidine rings is 1. The van der Waals surface area contributed by atoms with E-state index in [1.54, 1.807) is 0 Å². The summed E-state index contributed by atoms with van der Waals surface area (Å²) in [4.78, 5) is 27.3. The second-order valence-corrected chi connectivity index (χ2v) is 6.31. The number of carboxylic acids is 1. The number of carboxylic acid groups (broad SMARTS) is 1. The number of aliphatic carboxylic acids is 1. The molecule has 2 heterocycles. The maximum Gasteiger partial charge on any atom is 0.306 e. The molecule has 0 saturated carbocycles. The van der Waals surface area contributed by atoms with E-state index in [1.165, 1.54) is 19.3 Å². The lowest BCUT2D eigenvalue weighted by Crippen LogP contribution is -2.45. The summed E-state index contributed by atoms with van der Waals surface area (Å²) in [6.45, 7) is 6.01. The summed E-state index contributed by atoms with van der Waals surface area (Å²) in [5.41, 5.74) is 0. The molecule has 114 valence electrons. The topological polar surface area (TPSA) is 60.9 Å². The molecule has 2 aliphatic rings. The Balaban J connectivity index is 1.76. The minimum Gasteiger partial charge on any atom is -0.481 e. The normalized spacial score (nSPS) is 26.2. The van der Waals surface area contributed by atoms with Crippen molar-refractivity contribution in [3.05, 3.63) is 0 Å². The van der Waals surface area contributed by atoms with Gasteiger partial charge in [0.15, 0.2) is 0 Å². The van der Waals surface area contributed by atoms with Crippen LogP contribution in [0.3, 0.4) is 0 Å². The van der Waals surface area contributed by atoms with Crippen LogP contribution in [-0.4, -0.2) is 59.5 Å². The van der Waals surface area contributed by atoms with E-state index in [-0.39, 0.29) is 11.8 Å². The van der Waals surface area contributed by atoms with Gasteiger partial charge in [0.1, 0.15) is 0 Å². The molecule has 2 rings (SSSR count). The van der Waals surface area contributed by atoms with Crippen molar-refractivity contribution in [2.24, 2.45) is 11.8 Å². The number of nitrogens with zero attached hydrogens (tertiary/aromatic N) is 2. The van der Waals surface area contributed by atoms with E-state index in [2.05, 4.69) is 11.8 Å². The Morgan fingerprint density at radius 2 is 1.75 bits per heavy atom. The van der Waals surface area contributed by atoms with Crippen LogP contribution in [0.2, 0.25) is 0 Å². The zero-order chi connectivity index (χ0) is 14.5. The number of carbonyl (C=O) groups excluding carboxylic acids is 1. The zero-order valence-corrected chi connectivity index (χ0v) is 12.4. The van der Waals surface area contributed by atoms with Gasteiger partial charge in [-0.25, -0.2) is 0 Å². The Morgan fingerprint density at radius 1 is 1.05 bits per heavy atom. The molecule has 0 aromatic rings. The molecule has 1 atom stereocenters. The SMILES string of the molecule is CC1CCCN(CC(=O)N2CCC(C(=O)O)CC2)CC1. The molecule has 0 spiro atoms. The third-order valence-electron chi connectivity index (χ3n) is 4.67. The molecule has 1 amide bonds. The van der Waals surface area contributed by atoms with Crippen LogP contribution in [0.15, 0.2) is 0 Å². The molecule has 0 aliphatic carbocycles. The van der Waals surface area contributed by atoms with Gasteiger partial charge < -0.3 is 10.0 Å². The zero-order valence-electron chi connectivity index (χ0n) is 12.4. The van der Waals surface area contributed by atoms with Crippen LogP contribution in [-0.2, 0) is 9.59 Å². The van der Waals surface area contributed by atoms with Crippen LogP contribution in [0.25, 0.3) is 0 Å². The van der Waals surface area contributed by atoms with Crippen molar-refractivity contribution in [3.8, 4) is 0 Å². The Hall–Kier alpha value is -1.10. The molecule has 1 unspecified atom stereocenters. The molecular weight excluding hydrogens is 256 g/mol. The molecule has 0 bridgehead atoms. The van der Waals surface area contributed by atoms with Gasteiger partial charge >= 0.3 is 5.97 Å². The Morgan fingerprint density at radius 3 is 2.40 bits per heavy atom. The van der Waals surface area contributed by atoms with E-state index in [0.717, 1.165) is 19.0 Å². The number of amides is 1. The standard InChI is InChI=1S/C15H26N2O3/c1-12-3-2-7-16(8-4-12)11-14(18)17-9-5-13(6-10-17)15(19)20/h12-13H,2-11H2,1H3,(H,19,20). The fourth-order valence-electron chi connectivity index (χ4n) is 3.15. The molecule has 1 N–H and O–H groups in total. The molecular formula is C15H26N2O3. The van der Waals surface area contributed by atoms with E-state index >= 15 is 0 Å². The quantitative estimate of drug-likeness (QED) is 0.850. The highest BCUT2D eigenvalue weighted by molar-refractivity contribution is 5.79. The maximum atomic E-state index is 12.3. The molecule has 0 aromatic carbocycles. The molecule has 2 aliphatic heterocycles. The largest absolute Gasteiger partial charge is 0.481 e. The molecule has 20 heavy (non-hydrogen) atoms. The first-order valence-electron chi connectivity index (χ1n) is 7.79. The van der Waals surface area contributed by atoms with Crippen molar-refractivity contribution in [1.29, 1.82) is 0 Å². The van der Waals surface area contributed by atoms with Crippen LogP contribution >= 0.6 is 0 Å². The third-order valence-corrected chi connectivity index (χ3v) is 4.67. The lowest BCUT2D eigenvalue weighted by molar-refractivity contribution is -0.146. The fourth-order valence-corrected chi connectivity index (χ4v) is 3.15. The van der Waals surface area contributed by atoms with Crippen molar-refractivity contribution in [3.63, 3.8) is 0 Å². The monoisotopic (exact) mass is 282 g/mol. The first-order chi connectivity index (χ1) is 9.56. The minimum absolute atomic E-state index is 0.170. The molecule has 5 heteroatoms. The maximum absolute atomic E-state index is 12.3. The summed E-state index contributed by atoms with van der Waals surface area (Å²) < 4.78 is 0. The summed E-state index contributed by atoms with van der Waals surface area (Å²) >= 11 is 0. The first kappa shape index (κ1) is 15.3. The van der Waals surface area contributed by atoms with Gasteiger partial charge in [0.05, 0.1) is 12.5 Å². The van der Waals surface area contributed by atoms with Gasteiger partial charge in [0.25, 0.3) is 0 Å². The number of rotatable bonds is 3. The van der Waals surface area contributed by atoms with Gasteiger partial charge in [-0.1, -0.05) is 6.92 Å². The van der Waals surface area contributed by atoms with Crippen molar-refractivity contribution < 1.29 is 14.7 Å². The lowest BCUT2D eigenvalue weighted by atomic mass is 9.97. The predicted octanol–water partition coefficient (Wildman–Crippen LogP) is 1.43. The molecule has 2 fully saturated rings. The number of likely N-dealkylation sites (tertiary alicyclic amines) is 2. The smallest absolute Gasteiger partial charge is 0.306 e. The predicted molar refractivity (Wildman–Crippen MR) is 76.4 cm³/mol. The molecule has 2 saturated heterocycles. The summed E-state index contributed by atoms with van der Waals surface area (Å²) in [6, 6.07) is 0. The number of carbonyl (C=O) groups is 2. The lowest BCUT2D eigenvalue weighted by Gasteiger charge is -2.32. The van der Waals surface area contributed by atoms with E-state index in [4.69, 9.17) is 5.11 Å². The fraction of sp³-hybridized carbons (Fsp3) is 0.867. The van der Waals surface area contributed by atoms with Crippen molar-refractivity contribution >= 4 is 11.9 Å². The summed E-state index contributed by atoms with van der Waals surface area (Å²) in [6.07, 6.45) is 4.80. The van der Waals surface area contributed by atoms with Gasteiger partial charge in [0.2, 0.25) is 5.91 Å². The van der Waals surface area contributed by atoms with Crippen LogP contribution in [0, 0.1) is 11.8 Å². The van der Waals surface area contributed by atoms with Gasteiger partial charge in [-0.2, -0.15) is 0 Å². The van der Waals surface area contributed by atoms with Crippen molar-refractivity contribution in [2.45, 2.75) is 39.0 Å². The summed E-state index contributed by atoms with van der Waals surface area (Å²) in [7, 11) is 0. The molecule has 0 aromatic heterocycles. The van der Waals surface area contributed by atoms with Crippen molar-refractivity contribution in [1.82, 2.24) is 9.80 Å². The first-order valence-corrected chi connectivity index (χ1v) is 7.79. The van der Waals surface area contributed by atoms with Gasteiger partial charge in [-0.3, -0.25) is 14.5 Å². The number of hydrogen-bond donors (Lipinski definition) is 1. The van der Waals surface area contributed by atoms with E-state index in [0.29, 0.717) is 32.5 Å². The average Bonchev–Trinajstić information content (AvgIpc) is 2.64. The highest BCUT2D eigenvalue weighted by Gasteiger charge is 2.27. The van der Waals surface area contributed by atoms with Crippen LogP contribution < -0.4 is 0 Å². The highest BCUT2D eigenvalue weighted by Crippen LogP contribution is 2.19. The van der Waals surface area contributed by atoms with Gasteiger partial charge in [-0.05, 0) is 51.1 Å². The van der Waals surface area contributed by atoms with E-state index < -0.39 is 5.97 Å². The Kier molecular flexibility index (Phi) is 5.40. The number of hydrogen-bond acceptors (Lipinski definition) is 3. The third kappa shape index (κ3) is 4.20. The average molecular weight is 282 g/mol. The highest BCUT2D eigenvalue weighted by atomic mass is 16.4. The summed E-state index contributed by atoms with van der Waals surface area (Å²) in [5.74, 6) is -0.0542. The second kappa shape index (κ2) is 7.07. The van der Waals surface area contributed by atoms with Crippen LogP contribution in [0.1, 0.15) is 39.0 Å². The van der Waals surface area contributed by atoms with Crippen LogP contribution in [0.4, 0.5) is 0 Å². The molecule has 0 radical (unpaired) electrons. The van der Waals surface area contributed by atoms with Crippen LogP contribution in [0.5, 0.6) is 0 Å². The van der Waals surface area contributed by atoms with Gasteiger partial charge in [-0.15, -0.1) is 0 Å². The van der Waals surface area contributed by atoms with E-state index in [1.807, 2.05) is 4.90 Å². The minimum atomic E-state index is -0.724. The summed E-state index contributed by atoms with van der Waals surface area (Å²) in [5, 5.41) is 8.97. The van der Waals surface area contributed by atoms with Gasteiger partial charge in [0, 0.05) is 13.1 Å². The second-order valence-electron chi connectivity index (χ2n) is 6.31. The van der Waals surface area contributed by atoms with E-state index in [9.17, 15) is 9.59 Å². The molecule has 5 nitrogen and oxygen atoms in total. The Bertz CT molecular complexity index is 351. The van der Waals surface area contributed by atoms with Crippen molar-refractivity contribution in [2.75, 3.05) is 32.7 Å². The Labute approximate surface area is 120 Å².